The van der Waals surface area contributed by atoms with Crippen molar-refractivity contribution in [3.05, 3.63) is 78.4 Å². The van der Waals surface area contributed by atoms with Gasteiger partial charge >= 0.3 is 0 Å². The zero-order valence-corrected chi connectivity index (χ0v) is 12.2. The molecule has 22 heavy (non-hydrogen) atoms. The van der Waals surface area contributed by atoms with Gasteiger partial charge in [-0.3, -0.25) is 9.78 Å². The van der Waals surface area contributed by atoms with Crippen LogP contribution in [0.2, 0.25) is 0 Å². The van der Waals surface area contributed by atoms with Crippen LogP contribution >= 0.6 is 0 Å². The molecule has 3 aromatic rings. The maximum absolute atomic E-state index is 12.3. The highest BCUT2D eigenvalue weighted by Crippen LogP contribution is 2.12. The first-order valence-electron chi connectivity index (χ1n) is 7.06. The van der Waals surface area contributed by atoms with Gasteiger partial charge in [-0.15, -0.1) is 0 Å². The van der Waals surface area contributed by atoms with Crippen molar-refractivity contribution >= 4 is 5.91 Å². The summed E-state index contributed by atoms with van der Waals surface area (Å²) in [5, 5.41) is 7.10. The van der Waals surface area contributed by atoms with Gasteiger partial charge in [0.1, 0.15) is 0 Å². The van der Waals surface area contributed by atoms with Gasteiger partial charge in [0.2, 0.25) is 0 Å². The van der Waals surface area contributed by atoms with Crippen molar-refractivity contribution in [3.8, 4) is 5.69 Å². The minimum absolute atomic E-state index is 0.120. The van der Waals surface area contributed by atoms with Crippen LogP contribution in [0.1, 0.15) is 29.0 Å². The van der Waals surface area contributed by atoms with Crippen molar-refractivity contribution in [2.45, 2.75) is 13.0 Å². The Morgan fingerprint density at radius 3 is 2.55 bits per heavy atom. The van der Waals surface area contributed by atoms with Gasteiger partial charge in [0, 0.05) is 24.2 Å². The smallest absolute Gasteiger partial charge is 0.251 e. The fourth-order valence-corrected chi connectivity index (χ4v) is 2.17. The second-order valence-corrected chi connectivity index (χ2v) is 4.95. The number of amides is 1. The van der Waals surface area contributed by atoms with Crippen LogP contribution in [-0.2, 0) is 0 Å². The fraction of sp³-hybridized carbons (Fsp3) is 0.118. The van der Waals surface area contributed by atoms with Crippen LogP contribution < -0.4 is 5.32 Å². The molecule has 5 heteroatoms. The number of carbonyl (C=O) groups excluding carboxylic acids is 1. The fourth-order valence-electron chi connectivity index (χ4n) is 2.17. The molecule has 2 aromatic heterocycles. The summed E-state index contributed by atoms with van der Waals surface area (Å²) in [7, 11) is 0. The lowest BCUT2D eigenvalue weighted by atomic mass is 10.1. The standard InChI is InChI=1S/C17H16N4O/c1-13(16-5-2-3-10-18-16)20-17(22)14-6-8-15(9-7-14)21-12-4-11-19-21/h2-13H,1H3,(H,20,22). The molecule has 0 aliphatic heterocycles. The van der Waals surface area contributed by atoms with Crippen molar-refractivity contribution in [1.82, 2.24) is 20.1 Å². The number of benzene rings is 1. The molecular formula is C17H16N4O. The SMILES string of the molecule is CC(NC(=O)c1ccc(-n2cccn2)cc1)c1ccccn1. The summed E-state index contributed by atoms with van der Waals surface area (Å²) >= 11 is 0. The Kier molecular flexibility index (Phi) is 3.96. The zero-order chi connectivity index (χ0) is 15.4. The average Bonchev–Trinajstić information content (AvgIpc) is 3.10. The zero-order valence-electron chi connectivity index (χ0n) is 12.2. The van der Waals surface area contributed by atoms with Crippen molar-refractivity contribution in [2.24, 2.45) is 0 Å². The monoisotopic (exact) mass is 292 g/mol. The number of pyridine rings is 1. The predicted octanol–water partition coefficient (Wildman–Crippen LogP) is 2.76. The first kappa shape index (κ1) is 14.0. The minimum Gasteiger partial charge on any atom is -0.344 e. The highest BCUT2D eigenvalue weighted by Gasteiger charge is 2.12. The number of hydrogen-bond donors (Lipinski definition) is 1. The summed E-state index contributed by atoms with van der Waals surface area (Å²) in [6.45, 7) is 1.92. The molecule has 0 bridgehead atoms. The molecule has 0 spiro atoms. The van der Waals surface area contributed by atoms with Crippen molar-refractivity contribution in [3.63, 3.8) is 0 Å². The first-order valence-corrected chi connectivity index (χ1v) is 7.06. The number of nitrogens with zero attached hydrogens (tertiary/aromatic N) is 3. The molecular weight excluding hydrogens is 276 g/mol. The topological polar surface area (TPSA) is 59.8 Å². The van der Waals surface area contributed by atoms with E-state index in [1.165, 1.54) is 0 Å². The number of hydrogen-bond acceptors (Lipinski definition) is 3. The van der Waals surface area contributed by atoms with Gasteiger partial charge in [-0.2, -0.15) is 5.10 Å². The molecule has 1 atom stereocenters. The van der Waals surface area contributed by atoms with Crippen LogP contribution in [0.3, 0.4) is 0 Å². The molecule has 3 rings (SSSR count). The molecule has 0 aliphatic rings. The number of nitrogens with one attached hydrogen (secondary N) is 1. The largest absolute Gasteiger partial charge is 0.344 e. The molecule has 110 valence electrons. The summed E-state index contributed by atoms with van der Waals surface area (Å²) in [4.78, 5) is 16.5. The molecule has 0 fully saturated rings. The lowest BCUT2D eigenvalue weighted by Gasteiger charge is -2.13. The van der Waals surface area contributed by atoms with Crippen molar-refractivity contribution in [1.29, 1.82) is 0 Å². The summed E-state index contributed by atoms with van der Waals surface area (Å²) in [5.41, 5.74) is 2.36. The maximum Gasteiger partial charge on any atom is 0.251 e. The Morgan fingerprint density at radius 2 is 1.91 bits per heavy atom. The van der Waals surface area contributed by atoms with E-state index < -0.39 is 0 Å². The molecule has 0 saturated carbocycles. The van der Waals surface area contributed by atoms with Crippen molar-refractivity contribution < 1.29 is 4.79 Å². The highest BCUT2D eigenvalue weighted by atomic mass is 16.1. The van der Waals surface area contributed by atoms with Gasteiger partial charge in [-0.1, -0.05) is 6.07 Å². The molecule has 5 nitrogen and oxygen atoms in total. The molecule has 0 aliphatic carbocycles. The minimum atomic E-state index is -0.139. The Hall–Kier alpha value is -2.95. The van der Waals surface area contributed by atoms with Crippen LogP contribution in [-0.4, -0.2) is 20.7 Å². The lowest BCUT2D eigenvalue weighted by molar-refractivity contribution is 0.0939. The first-order chi connectivity index (χ1) is 10.7. The summed E-state index contributed by atoms with van der Waals surface area (Å²) in [6, 6.07) is 14.7. The van der Waals surface area contributed by atoms with Gasteiger partial charge in [-0.25, -0.2) is 4.68 Å². The van der Waals surface area contributed by atoms with E-state index in [-0.39, 0.29) is 11.9 Å². The summed E-state index contributed by atoms with van der Waals surface area (Å²) in [6.07, 6.45) is 5.30. The van der Waals surface area contributed by atoms with E-state index in [1.807, 2.05) is 49.5 Å². The Balaban J connectivity index is 1.70. The van der Waals surface area contributed by atoms with Crippen LogP contribution in [0.5, 0.6) is 0 Å². The van der Waals surface area contributed by atoms with E-state index in [0.29, 0.717) is 5.56 Å². The summed E-state index contributed by atoms with van der Waals surface area (Å²) in [5.74, 6) is -0.120. The quantitative estimate of drug-likeness (QED) is 0.804. The molecule has 1 N–H and O–H groups in total. The molecule has 0 saturated heterocycles. The average molecular weight is 292 g/mol. The van der Waals surface area contributed by atoms with Gasteiger partial charge in [0.05, 0.1) is 17.4 Å². The Morgan fingerprint density at radius 1 is 1.09 bits per heavy atom. The molecule has 1 amide bonds. The van der Waals surface area contributed by atoms with Gasteiger partial charge in [0.15, 0.2) is 0 Å². The predicted molar refractivity (Wildman–Crippen MR) is 83.7 cm³/mol. The third-order valence-electron chi connectivity index (χ3n) is 3.38. The van der Waals surface area contributed by atoms with Crippen LogP contribution in [0.25, 0.3) is 5.69 Å². The molecule has 1 unspecified atom stereocenters. The Bertz CT molecular complexity index is 736. The number of rotatable bonds is 4. The number of carbonyl (C=O) groups is 1. The van der Waals surface area contributed by atoms with Gasteiger partial charge in [0.25, 0.3) is 5.91 Å². The van der Waals surface area contributed by atoms with E-state index in [4.69, 9.17) is 0 Å². The number of aromatic nitrogens is 3. The second kappa shape index (κ2) is 6.22. The second-order valence-electron chi connectivity index (χ2n) is 4.95. The van der Waals surface area contributed by atoms with Gasteiger partial charge in [-0.05, 0) is 49.4 Å². The van der Waals surface area contributed by atoms with Crippen LogP contribution in [0, 0.1) is 0 Å². The van der Waals surface area contributed by atoms with Crippen LogP contribution in [0.4, 0.5) is 0 Å². The molecule has 1 aromatic carbocycles. The van der Waals surface area contributed by atoms with Crippen molar-refractivity contribution in [2.75, 3.05) is 0 Å². The normalized spacial score (nSPS) is 11.9. The van der Waals surface area contributed by atoms with E-state index >= 15 is 0 Å². The summed E-state index contributed by atoms with van der Waals surface area (Å²) < 4.78 is 1.75. The van der Waals surface area contributed by atoms with E-state index in [1.54, 1.807) is 29.2 Å². The van der Waals surface area contributed by atoms with Gasteiger partial charge < -0.3 is 5.32 Å². The molecule has 2 heterocycles. The highest BCUT2D eigenvalue weighted by molar-refractivity contribution is 5.94. The van der Waals surface area contributed by atoms with Crippen LogP contribution in [0.15, 0.2) is 67.1 Å². The third kappa shape index (κ3) is 3.03. The third-order valence-corrected chi connectivity index (χ3v) is 3.38. The molecule has 0 radical (unpaired) electrons. The van der Waals surface area contributed by atoms with E-state index in [0.717, 1.165) is 11.4 Å². The maximum atomic E-state index is 12.3. The Labute approximate surface area is 128 Å². The van der Waals surface area contributed by atoms with E-state index in [2.05, 4.69) is 15.4 Å². The van der Waals surface area contributed by atoms with E-state index in [9.17, 15) is 4.79 Å². The lowest BCUT2D eigenvalue weighted by Crippen LogP contribution is -2.27.